The molecule has 4 rings (SSSR count). The van der Waals surface area contributed by atoms with Crippen LogP contribution >= 0.6 is 11.6 Å². The summed E-state index contributed by atoms with van der Waals surface area (Å²) in [5.74, 6) is -0.0927. The lowest BCUT2D eigenvalue weighted by atomic mass is 10.1. The van der Waals surface area contributed by atoms with Gasteiger partial charge in [-0.3, -0.25) is 9.59 Å². The Morgan fingerprint density at radius 2 is 1.93 bits per heavy atom. The molecule has 3 aromatic rings. The largest absolute Gasteiger partial charge is 0.331 e. The molecule has 1 atom stereocenters. The Hall–Kier alpha value is -2.66. The molecule has 1 saturated carbocycles. The molecule has 0 aliphatic heterocycles. The minimum absolute atomic E-state index is 0.0574. The van der Waals surface area contributed by atoms with Crippen LogP contribution in [0.2, 0.25) is 5.02 Å². The lowest BCUT2D eigenvalue weighted by Gasteiger charge is -2.30. The number of nitrogens with zero attached hydrogens (tertiary/aromatic N) is 3. The van der Waals surface area contributed by atoms with E-state index in [1.807, 2.05) is 54.3 Å². The van der Waals surface area contributed by atoms with Crippen molar-refractivity contribution in [2.24, 2.45) is 0 Å². The quantitative estimate of drug-likeness (QED) is 0.675. The van der Waals surface area contributed by atoms with Crippen molar-refractivity contribution in [2.45, 2.75) is 38.4 Å². The first-order chi connectivity index (χ1) is 13.0. The summed E-state index contributed by atoms with van der Waals surface area (Å²) in [5.41, 5.74) is 0.787. The fraction of sp³-hybridized carbons (Fsp3) is 0.286. The Morgan fingerprint density at radius 1 is 1.22 bits per heavy atom. The van der Waals surface area contributed by atoms with Crippen molar-refractivity contribution in [3.05, 3.63) is 75.7 Å². The van der Waals surface area contributed by atoms with Gasteiger partial charge in [-0.05, 0) is 43.5 Å². The number of aromatic nitrogens is 2. The third-order valence-corrected chi connectivity index (χ3v) is 5.30. The van der Waals surface area contributed by atoms with E-state index in [0.717, 1.165) is 23.8 Å². The van der Waals surface area contributed by atoms with Crippen molar-refractivity contribution in [2.75, 3.05) is 0 Å². The molecule has 1 aliphatic rings. The van der Waals surface area contributed by atoms with E-state index in [2.05, 4.69) is 5.10 Å². The highest BCUT2D eigenvalue weighted by Crippen LogP contribution is 2.34. The van der Waals surface area contributed by atoms with E-state index >= 15 is 0 Å². The average molecular weight is 382 g/mol. The molecule has 1 aromatic heterocycles. The van der Waals surface area contributed by atoms with Crippen molar-refractivity contribution >= 4 is 28.3 Å². The van der Waals surface area contributed by atoms with Gasteiger partial charge in [0.25, 0.3) is 5.56 Å². The van der Waals surface area contributed by atoms with Gasteiger partial charge < -0.3 is 4.90 Å². The van der Waals surface area contributed by atoms with Gasteiger partial charge in [0.2, 0.25) is 5.91 Å². The number of amides is 1. The second kappa shape index (κ2) is 7.16. The Kier molecular flexibility index (Phi) is 4.70. The van der Waals surface area contributed by atoms with Crippen molar-refractivity contribution < 1.29 is 4.79 Å². The highest BCUT2D eigenvalue weighted by Gasteiger charge is 2.36. The van der Waals surface area contributed by atoms with Crippen LogP contribution in [0.4, 0.5) is 0 Å². The number of hydrogen-bond acceptors (Lipinski definition) is 3. The van der Waals surface area contributed by atoms with E-state index in [9.17, 15) is 9.59 Å². The summed E-state index contributed by atoms with van der Waals surface area (Å²) >= 11 is 5.98. The van der Waals surface area contributed by atoms with Crippen LogP contribution in [0, 0.1) is 0 Å². The molecule has 0 bridgehead atoms. The molecule has 1 amide bonds. The Labute approximate surface area is 162 Å². The molecule has 27 heavy (non-hydrogen) atoms. The number of halogens is 1. The van der Waals surface area contributed by atoms with Crippen molar-refractivity contribution in [1.82, 2.24) is 14.7 Å². The first-order valence-electron chi connectivity index (χ1n) is 9.06. The second-order valence-corrected chi connectivity index (χ2v) is 7.39. The maximum absolute atomic E-state index is 13.1. The van der Waals surface area contributed by atoms with Gasteiger partial charge in [-0.1, -0.05) is 41.9 Å². The summed E-state index contributed by atoms with van der Waals surface area (Å²) in [7, 11) is 0. The summed E-state index contributed by atoms with van der Waals surface area (Å²) < 4.78 is 1.26. The van der Waals surface area contributed by atoms with Gasteiger partial charge in [-0.25, -0.2) is 4.68 Å². The number of carbonyl (C=O) groups excluding carboxylic acids is 1. The highest BCUT2D eigenvalue weighted by molar-refractivity contribution is 6.30. The molecule has 2 aromatic carbocycles. The van der Waals surface area contributed by atoms with E-state index in [0.29, 0.717) is 10.4 Å². The third kappa shape index (κ3) is 3.60. The zero-order valence-corrected chi connectivity index (χ0v) is 15.8. The lowest BCUT2D eigenvalue weighted by Crippen LogP contribution is -2.40. The van der Waals surface area contributed by atoms with Crippen molar-refractivity contribution in [1.29, 1.82) is 0 Å². The molecule has 1 heterocycles. The molecule has 0 N–H and O–H groups in total. The minimum atomic E-state index is -0.239. The molecular weight excluding hydrogens is 362 g/mol. The SMILES string of the molecule is CC(c1ccc(Cl)cc1)N(C(=O)Cn1ncc2ccccc2c1=O)C1CC1. The summed E-state index contributed by atoms with van der Waals surface area (Å²) in [4.78, 5) is 27.6. The Morgan fingerprint density at radius 3 is 2.63 bits per heavy atom. The molecule has 138 valence electrons. The molecule has 1 aliphatic carbocycles. The van der Waals surface area contributed by atoms with Crippen LogP contribution in [0.25, 0.3) is 10.8 Å². The van der Waals surface area contributed by atoms with Gasteiger partial charge in [0.15, 0.2) is 0 Å². The number of rotatable bonds is 5. The number of benzene rings is 2. The predicted molar refractivity (Wildman–Crippen MR) is 106 cm³/mol. The molecule has 6 heteroatoms. The molecule has 1 fully saturated rings. The van der Waals surface area contributed by atoms with Crippen LogP contribution in [0.3, 0.4) is 0 Å². The maximum Gasteiger partial charge on any atom is 0.275 e. The van der Waals surface area contributed by atoms with E-state index < -0.39 is 0 Å². The molecule has 0 radical (unpaired) electrons. The standard InChI is InChI=1S/C21H20ClN3O2/c1-14(15-6-8-17(22)9-7-15)25(18-10-11-18)20(26)13-24-21(27)19-5-3-2-4-16(19)12-23-24/h2-9,12,14,18H,10-11,13H2,1H3. The number of fused-ring (bicyclic) bond motifs is 1. The van der Waals surface area contributed by atoms with Gasteiger partial charge in [0.1, 0.15) is 6.54 Å². The number of carbonyl (C=O) groups is 1. The second-order valence-electron chi connectivity index (χ2n) is 6.95. The van der Waals surface area contributed by atoms with Gasteiger partial charge in [-0.2, -0.15) is 5.10 Å². The topological polar surface area (TPSA) is 55.2 Å². The van der Waals surface area contributed by atoms with Gasteiger partial charge >= 0.3 is 0 Å². The average Bonchev–Trinajstić information content (AvgIpc) is 3.50. The molecule has 5 nitrogen and oxygen atoms in total. The summed E-state index contributed by atoms with van der Waals surface area (Å²) in [5, 5.41) is 6.21. The first kappa shape index (κ1) is 17.7. The monoisotopic (exact) mass is 381 g/mol. The van der Waals surface area contributed by atoms with Gasteiger partial charge in [-0.15, -0.1) is 0 Å². The molecular formula is C21H20ClN3O2. The summed E-state index contributed by atoms with van der Waals surface area (Å²) in [6.45, 7) is 1.95. The van der Waals surface area contributed by atoms with Crippen LogP contribution in [0.15, 0.2) is 59.5 Å². The zero-order valence-electron chi connectivity index (χ0n) is 15.0. The molecule has 1 unspecified atom stereocenters. The normalized spacial score (nSPS) is 14.9. The van der Waals surface area contributed by atoms with Gasteiger partial charge in [0, 0.05) is 16.5 Å². The lowest BCUT2D eigenvalue weighted by molar-refractivity contribution is -0.135. The third-order valence-electron chi connectivity index (χ3n) is 5.04. The van der Waals surface area contributed by atoms with Crippen LogP contribution in [0.1, 0.15) is 31.4 Å². The Balaban J connectivity index is 1.61. The van der Waals surface area contributed by atoms with E-state index in [-0.39, 0.29) is 30.1 Å². The van der Waals surface area contributed by atoms with Crippen LogP contribution in [-0.4, -0.2) is 26.6 Å². The van der Waals surface area contributed by atoms with E-state index in [1.165, 1.54) is 4.68 Å². The van der Waals surface area contributed by atoms with Crippen molar-refractivity contribution in [3.8, 4) is 0 Å². The zero-order chi connectivity index (χ0) is 19.0. The first-order valence-corrected chi connectivity index (χ1v) is 9.44. The van der Waals surface area contributed by atoms with Crippen LogP contribution in [0.5, 0.6) is 0 Å². The fourth-order valence-corrected chi connectivity index (χ4v) is 3.57. The summed E-state index contributed by atoms with van der Waals surface area (Å²) in [6, 6.07) is 15.0. The van der Waals surface area contributed by atoms with Crippen LogP contribution < -0.4 is 5.56 Å². The molecule has 0 spiro atoms. The van der Waals surface area contributed by atoms with E-state index in [1.54, 1.807) is 12.3 Å². The molecule has 0 saturated heterocycles. The van der Waals surface area contributed by atoms with Crippen LogP contribution in [-0.2, 0) is 11.3 Å². The maximum atomic E-state index is 13.1. The number of hydrogen-bond donors (Lipinski definition) is 0. The van der Waals surface area contributed by atoms with Gasteiger partial charge in [0.05, 0.1) is 17.6 Å². The predicted octanol–water partition coefficient (Wildman–Crippen LogP) is 3.80. The minimum Gasteiger partial charge on any atom is -0.331 e. The summed E-state index contributed by atoms with van der Waals surface area (Å²) in [6.07, 6.45) is 3.61. The smallest absolute Gasteiger partial charge is 0.275 e. The van der Waals surface area contributed by atoms with Crippen molar-refractivity contribution in [3.63, 3.8) is 0 Å². The fourth-order valence-electron chi connectivity index (χ4n) is 3.44. The van der Waals surface area contributed by atoms with E-state index in [4.69, 9.17) is 11.6 Å². The highest BCUT2D eigenvalue weighted by atomic mass is 35.5. The Bertz CT molecular complexity index is 1040.